The number of hydrogen-bond acceptors (Lipinski definition) is 3. The molecule has 0 amide bonds. The molecule has 0 bridgehead atoms. The van der Waals surface area contributed by atoms with E-state index in [4.69, 9.17) is 0 Å². The smallest absolute Gasteiger partial charge is 0.0821 e. The molecule has 9 heavy (non-hydrogen) atoms. The Hall–Kier alpha value is -0.320. The quantitative estimate of drug-likeness (QED) is 0.604. The second-order valence-electron chi connectivity index (χ2n) is 1.99. The van der Waals surface area contributed by atoms with Gasteiger partial charge in [0.1, 0.15) is 0 Å². The van der Waals surface area contributed by atoms with Gasteiger partial charge in [-0.05, 0) is 24.6 Å². The molecule has 1 heterocycles. The van der Waals surface area contributed by atoms with Gasteiger partial charge in [-0.2, -0.15) is 0 Å². The van der Waals surface area contributed by atoms with Crippen LogP contribution in [-0.2, 0) is 0 Å². The molecule has 3 nitrogen and oxygen atoms in total. The number of hydrogen-bond donors (Lipinski definition) is 1. The van der Waals surface area contributed by atoms with Crippen LogP contribution in [0, 0.1) is 0 Å². The van der Waals surface area contributed by atoms with Crippen molar-refractivity contribution >= 4 is 16.0 Å². The van der Waals surface area contributed by atoms with Crippen LogP contribution in [0.4, 0.5) is 0 Å². The molecule has 1 aliphatic rings. The Labute approximate surface area is 56.4 Å². The minimum Gasteiger partial charge on any atom is -0.329 e. The van der Waals surface area contributed by atoms with Gasteiger partial charge in [0, 0.05) is 11.6 Å². The molecule has 0 saturated heterocycles. The van der Waals surface area contributed by atoms with E-state index >= 15 is 0 Å². The molecule has 1 atom stereocenters. The van der Waals surface area contributed by atoms with Crippen LogP contribution in [0.1, 0.15) is 0 Å². The molecule has 0 saturated carbocycles. The Balaban J connectivity index is 2.75. The second kappa shape index (κ2) is 2.13. The SMILES string of the molecule is CN(C)S1(O)C=CN=C1. The average Bonchev–Trinajstić information content (AvgIpc) is 2.16. The largest absolute Gasteiger partial charge is 0.329 e. The van der Waals surface area contributed by atoms with Gasteiger partial charge in [0.25, 0.3) is 0 Å². The molecular formula is C5H10N2OS. The van der Waals surface area contributed by atoms with E-state index in [0.29, 0.717) is 0 Å². The fourth-order valence-corrected chi connectivity index (χ4v) is 1.50. The Morgan fingerprint density at radius 2 is 2.22 bits per heavy atom. The molecule has 0 aromatic rings. The van der Waals surface area contributed by atoms with Gasteiger partial charge in [-0.15, -0.1) is 0 Å². The number of nitrogens with zero attached hydrogens (tertiary/aromatic N) is 2. The first-order valence-electron chi connectivity index (χ1n) is 2.58. The lowest BCUT2D eigenvalue weighted by Gasteiger charge is -2.29. The van der Waals surface area contributed by atoms with Crippen molar-refractivity contribution in [1.82, 2.24) is 4.31 Å². The molecule has 0 spiro atoms. The van der Waals surface area contributed by atoms with Crippen molar-refractivity contribution in [3.63, 3.8) is 0 Å². The first-order valence-corrected chi connectivity index (χ1v) is 4.25. The molecule has 1 unspecified atom stereocenters. The van der Waals surface area contributed by atoms with Gasteiger partial charge in [0.15, 0.2) is 0 Å². The lowest BCUT2D eigenvalue weighted by molar-refractivity contribution is 0.558. The fraction of sp³-hybridized carbons (Fsp3) is 0.400. The molecular weight excluding hydrogens is 136 g/mol. The van der Waals surface area contributed by atoms with E-state index in [2.05, 4.69) is 4.99 Å². The van der Waals surface area contributed by atoms with Crippen LogP contribution in [-0.4, -0.2) is 28.5 Å². The monoisotopic (exact) mass is 146 g/mol. The molecule has 1 N–H and O–H groups in total. The molecule has 0 aromatic heterocycles. The highest BCUT2D eigenvalue weighted by Crippen LogP contribution is 2.46. The summed E-state index contributed by atoms with van der Waals surface area (Å²) in [6, 6.07) is 0. The van der Waals surface area contributed by atoms with Crippen LogP contribution in [0.15, 0.2) is 16.6 Å². The third kappa shape index (κ3) is 1.15. The van der Waals surface area contributed by atoms with Gasteiger partial charge in [-0.1, -0.05) is 0 Å². The van der Waals surface area contributed by atoms with Gasteiger partial charge in [0.2, 0.25) is 0 Å². The zero-order valence-corrected chi connectivity index (χ0v) is 6.30. The molecule has 1 aliphatic heterocycles. The lowest BCUT2D eigenvalue weighted by atomic mass is 11.1. The van der Waals surface area contributed by atoms with Crippen molar-refractivity contribution in [2.24, 2.45) is 4.99 Å². The van der Waals surface area contributed by atoms with Crippen LogP contribution in [0.3, 0.4) is 0 Å². The van der Waals surface area contributed by atoms with Gasteiger partial charge < -0.3 is 4.55 Å². The maximum atomic E-state index is 9.54. The highest BCUT2D eigenvalue weighted by molar-refractivity contribution is 8.40. The zero-order valence-electron chi connectivity index (χ0n) is 5.48. The zero-order chi connectivity index (χ0) is 6.91. The molecule has 52 valence electrons. The third-order valence-electron chi connectivity index (χ3n) is 1.15. The maximum Gasteiger partial charge on any atom is 0.0821 e. The highest BCUT2D eigenvalue weighted by Gasteiger charge is 2.19. The van der Waals surface area contributed by atoms with Gasteiger partial charge in [0.05, 0.1) is 5.55 Å². The van der Waals surface area contributed by atoms with Crippen molar-refractivity contribution in [3.05, 3.63) is 11.6 Å². The minimum atomic E-state index is -1.76. The van der Waals surface area contributed by atoms with Crippen molar-refractivity contribution in [3.8, 4) is 0 Å². The fourth-order valence-electron chi connectivity index (χ4n) is 0.501. The standard InChI is InChI=1S/C5H10N2OS/c1-7(2)9(8)4-3-6-5-9/h3-5,8H,1-2H3. The normalized spacial score (nSPS) is 39.6. The maximum absolute atomic E-state index is 9.54. The van der Waals surface area contributed by atoms with Gasteiger partial charge >= 0.3 is 0 Å². The molecule has 4 heteroatoms. The van der Waals surface area contributed by atoms with Crippen LogP contribution in [0.2, 0.25) is 0 Å². The summed E-state index contributed by atoms with van der Waals surface area (Å²) in [6.45, 7) is 0. The van der Waals surface area contributed by atoms with Crippen LogP contribution < -0.4 is 0 Å². The molecule has 0 aliphatic carbocycles. The highest BCUT2D eigenvalue weighted by atomic mass is 32.3. The third-order valence-corrected chi connectivity index (χ3v) is 3.27. The summed E-state index contributed by atoms with van der Waals surface area (Å²) in [5.41, 5.74) is 1.58. The Bertz CT molecular complexity index is 152. The Morgan fingerprint density at radius 1 is 1.56 bits per heavy atom. The first-order chi connectivity index (χ1) is 4.15. The molecule has 0 aromatic carbocycles. The summed E-state index contributed by atoms with van der Waals surface area (Å²) in [5, 5.41) is 1.72. The van der Waals surface area contributed by atoms with E-state index in [1.807, 2.05) is 14.1 Å². The predicted octanol–water partition coefficient (Wildman–Crippen LogP) is 1.25. The summed E-state index contributed by atoms with van der Waals surface area (Å²) in [5.74, 6) is 0. The minimum absolute atomic E-state index is 1.58. The van der Waals surface area contributed by atoms with Crippen molar-refractivity contribution < 1.29 is 4.55 Å². The van der Waals surface area contributed by atoms with E-state index in [-0.39, 0.29) is 0 Å². The number of rotatable bonds is 1. The van der Waals surface area contributed by atoms with Crippen molar-refractivity contribution in [2.75, 3.05) is 14.1 Å². The summed E-state index contributed by atoms with van der Waals surface area (Å²) in [4.78, 5) is 3.80. The van der Waals surface area contributed by atoms with Crippen molar-refractivity contribution in [2.45, 2.75) is 0 Å². The van der Waals surface area contributed by atoms with E-state index in [1.165, 1.54) is 0 Å². The number of aliphatic imine (C=N–C) groups is 1. The van der Waals surface area contributed by atoms with Gasteiger partial charge in [-0.25, -0.2) is 4.31 Å². The molecule has 0 fully saturated rings. The van der Waals surface area contributed by atoms with E-state index < -0.39 is 10.5 Å². The lowest BCUT2D eigenvalue weighted by Crippen LogP contribution is -2.16. The van der Waals surface area contributed by atoms with Crippen LogP contribution in [0.5, 0.6) is 0 Å². The molecule has 0 radical (unpaired) electrons. The van der Waals surface area contributed by atoms with E-state index in [0.717, 1.165) is 0 Å². The Morgan fingerprint density at radius 3 is 2.44 bits per heavy atom. The summed E-state index contributed by atoms with van der Waals surface area (Å²) < 4.78 is 11.3. The Kier molecular flexibility index (Phi) is 1.61. The first kappa shape index (κ1) is 6.80. The van der Waals surface area contributed by atoms with E-state index in [9.17, 15) is 4.55 Å². The second-order valence-corrected chi connectivity index (χ2v) is 4.48. The summed E-state index contributed by atoms with van der Waals surface area (Å²) >= 11 is 0. The van der Waals surface area contributed by atoms with Gasteiger partial charge in [-0.3, -0.25) is 4.99 Å². The van der Waals surface area contributed by atoms with Crippen LogP contribution >= 0.6 is 10.5 Å². The predicted molar refractivity (Wildman–Crippen MR) is 41.5 cm³/mol. The van der Waals surface area contributed by atoms with Crippen LogP contribution in [0.25, 0.3) is 0 Å². The topological polar surface area (TPSA) is 35.8 Å². The molecule has 1 rings (SSSR count). The average molecular weight is 146 g/mol. The van der Waals surface area contributed by atoms with Crippen molar-refractivity contribution in [1.29, 1.82) is 0 Å². The summed E-state index contributed by atoms with van der Waals surface area (Å²) in [7, 11) is 1.90. The summed E-state index contributed by atoms with van der Waals surface area (Å²) in [6.07, 6.45) is 1.62. The van der Waals surface area contributed by atoms with E-state index in [1.54, 1.807) is 21.5 Å².